The summed E-state index contributed by atoms with van der Waals surface area (Å²) in [5.41, 5.74) is 6.44. The normalized spacial score (nSPS) is 10.9. The van der Waals surface area contributed by atoms with E-state index >= 15 is 0 Å². The lowest BCUT2D eigenvalue weighted by Gasteiger charge is -2.08. The number of aromatic nitrogens is 4. The van der Waals surface area contributed by atoms with Gasteiger partial charge in [-0.2, -0.15) is 0 Å². The highest BCUT2D eigenvalue weighted by Gasteiger charge is 2.11. The van der Waals surface area contributed by atoms with Crippen LogP contribution in [0.1, 0.15) is 5.82 Å². The number of amides is 2. The van der Waals surface area contributed by atoms with Crippen LogP contribution in [-0.2, 0) is 22.6 Å². The van der Waals surface area contributed by atoms with Gasteiger partial charge in [-0.05, 0) is 24.3 Å². The third kappa shape index (κ3) is 3.58. The van der Waals surface area contributed by atoms with Crippen LogP contribution in [0.2, 0.25) is 0 Å². The first kappa shape index (κ1) is 17.4. The molecule has 0 radical (unpaired) electrons. The molecule has 0 aliphatic heterocycles. The first-order valence-corrected chi connectivity index (χ1v) is 8.55. The minimum atomic E-state index is -0.544. The zero-order chi connectivity index (χ0) is 19.5. The Balaban J connectivity index is 1.36. The van der Waals surface area contributed by atoms with Gasteiger partial charge in [-0.25, -0.2) is 9.97 Å². The molecular formula is C19H16N6O3. The molecule has 3 N–H and O–H groups in total. The molecule has 0 unspecified atom stereocenters. The fourth-order valence-corrected chi connectivity index (χ4v) is 2.84. The molecule has 2 heterocycles. The highest BCUT2D eigenvalue weighted by Crippen LogP contribution is 2.10. The number of benzene rings is 2. The van der Waals surface area contributed by atoms with Crippen LogP contribution in [0.4, 0.5) is 0 Å². The van der Waals surface area contributed by atoms with Gasteiger partial charge in [0, 0.05) is 0 Å². The summed E-state index contributed by atoms with van der Waals surface area (Å²) in [7, 11) is 0. The van der Waals surface area contributed by atoms with Crippen molar-refractivity contribution < 1.29 is 9.59 Å². The van der Waals surface area contributed by atoms with Crippen molar-refractivity contribution >= 4 is 33.8 Å². The molecule has 4 aromatic rings. The van der Waals surface area contributed by atoms with E-state index in [1.807, 2.05) is 24.3 Å². The van der Waals surface area contributed by atoms with E-state index in [1.54, 1.807) is 24.3 Å². The number of rotatable bonds is 4. The molecule has 140 valence electrons. The summed E-state index contributed by atoms with van der Waals surface area (Å²) in [6, 6.07) is 14.3. The highest BCUT2D eigenvalue weighted by atomic mass is 16.2. The topological polar surface area (TPSA) is 122 Å². The van der Waals surface area contributed by atoms with Gasteiger partial charge in [0.05, 0.1) is 34.7 Å². The van der Waals surface area contributed by atoms with Crippen LogP contribution < -0.4 is 16.4 Å². The molecule has 9 heteroatoms. The smallest absolute Gasteiger partial charge is 0.261 e. The summed E-state index contributed by atoms with van der Waals surface area (Å²) < 4.78 is 1.18. The van der Waals surface area contributed by atoms with E-state index in [1.165, 1.54) is 10.9 Å². The second-order valence-electron chi connectivity index (χ2n) is 6.17. The number of para-hydroxylation sites is 3. The van der Waals surface area contributed by atoms with Gasteiger partial charge in [0.25, 0.3) is 11.5 Å². The molecule has 0 atom stereocenters. The largest absolute Gasteiger partial charge is 0.342 e. The van der Waals surface area contributed by atoms with Crippen molar-refractivity contribution in [3.8, 4) is 0 Å². The number of fused-ring (bicyclic) bond motifs is 2. The zero-order valence-electron chi connectivity index (χ0n) is 14.7. The zero-order valence-corrected chi connectivity index (χ0v) is 14.7. The number of nitrogens with zero attached hydrogens (tertiary/aromatic N) is 3. The minimum absolute atomic E-state index is 0.0214. The maximum Gasteiger partial charge on any atom is 0.261 e. The van der Waals surface area contributed by atoms with Gasteiger partial charge in [0.15, 0.2) is 0 Å². The average molecular weight is 376 g/mol. The third-order valence-electron chi connectivity index (χ3n) is 4.15. The van der Waals surface area contributed by atoms with Gasteiger partial charge >= 0.3 is 0 Å². The van der Waals surface area contributed by atoms with Gasteiger partial charge in [-0.1, -0.05) is 24.3 Å². The van der Waals surface area contributed by atoms with Crippen LogP contribution in [0.3, 0.4) is 0 Å². The Morgan fingerprint density at radius 3 is 2.50 bits per heavy atom. The average Bonchev–Trinajstić information content (AvgIpc) is 3.11. The summed E-state index contributed by atoms with van der Waals surface area (Å²) in [5, 5.41) is 0.423. The molecular weight excluding hydrogens is 360 g/mol. The lowest BCUT2D eigenvalue weighted by molar-refractivity contribution is -0.129. The van der Waals surface area contributed by atoms with Crippen molar-refractivity contribution in [2.75, 3.05) is 0 Å². The minimum Gasteiger partial charge on any atom is -0.342 e. The summed E-state index contributed by atoms with van der Waals surface area (Å²) in [6.45, 7) is -0.262. The van der Waals surface area contributed by atoms with Crippen LogP contribution in [0.15, 0.2) is 59.7 Å². The number of nitrogens with one attached hydrogen (secondary N) is 3. The summed E-state index contributed by atoms with van der Waals surface area (Å²) in [6.07, 6.45) is 1.28. The molecule has 0 aliphatic carbocycles. The fourth-order valence-electron chi connectivity index (χ4n) is 2.84. The van der Waals surface area contributed by atoms with Crippen LogP contribution in [0, 0.1) is 0 Å². The molecule has 2 aromatic heterocycles. The molecule has 0 saturated carbocycles. The molecule has 0 bridgehead atoms. The molecule has 9 nitrogen and oxygen atoms in total. The second kappa shape index (κ2) is 7.31. The fraction of sp³-hybridized carbons (Fsp3) is 0.105. The van der Waals surface area contributed by atoms with Crippen molar-refractivity contribution in [3.05, 3.63) is 71.0 Å². The first-order chi connectivity index (χ1) is 13.6. The number of hydrazine groups is 1. The van der Waals surface area contributed by atoms with Crippen molar-refractivity contribution in [2.45, 2.75) is 13.0 Å². The predicted molar refractivity (Wildman–Crippen MR) is 102 cm³/mol. The maximum atomic E-state index is 12.4. The molecule has 28 heavy (non-hydrogen) atoms. The summed E-state index contributed by atoms with van der Waals surface area (Å²) >= 11 is 0. The number of imidazole rings is 1. The number of hydrogen-bond acceptors (Lipinski definition) is 5. The van der Waals surface area contributed by atoms with Gasteiger partial charge in [-0.15, -0.1) is 0 Å². The van der Waals surface area contributed by atoms with Gasteiger partial charge in [0.2, 0.25) is 5.91 Å². The Hall–Kier alpha value is -4.01. The first-order valence-electron chi connectivity index (χ1n) is 8.55. The number of aromatic amines is 1. The SMILES string of the molecule is O=C(Cc1nc2ccccc2[nH]1)NNC(=O)Cn1cnc2ccccc2c1=O. The van der Waals surface area contributed by atoms with Crippen molar-refractivity contribution in [2.24, 2.45) is 0 Å². The molecule has 0 fully saturated rings. The van der Waals surface area contributed by atoms with E-state index in [0.717, 1.165) is 11.0 Å². The molecule has 0 spiro atoms. The Morgan fingerprint density at radius 1 is 0.964 bits per heavy atom. The number of carbonyl (C=O) groups is 2. The van der Waals surface area contributed by atoms with E-state index in [-0.39, 0.29) is 18.5 Å². The Bertz CT molecular complexity index is 1210. The molecule has 0 aliphatic rings. The molecule has 4 rings (SSSR count). The second-order valence-corrected chi connectivity index (χ2v) is 6.17. The van der Waals surface area contributed by atoms with Crippen LogP contribution in [0.5, 0.6) is 0 Å². The van der Waals surface area contributed by atoms with E-state index in [4.69, 9.17) is 0 Å². The third-order valence-corrected chi connectivity index (χ3v) is 4.15. The highest BCUT2D eigenvalue weighted by molar-refractivity contribution is 5.84. The number of hydrogen-bond donors (Lipinski definition) is 3. The van der Waals surface area contributed by atoms with Crippen LogP contribution in [-0.4, -0.2) is 31.3 Å². The molecule has 2 amide bonds. The van der Waals surface area contributed by atoms with E-state index in [0.29, 0.717) is 16.7 Å². The van der Waals surface area contributed by atoms with Gasteiger partial charge in [0.1, 0.15) is 12.4 Å². The molecule has 2 aromatic carbocycles. The standard InChI is InChI=1S/C19H16N6O3/c26-17(9-16-21-14-7-3-4-8-15(14)22-16)23-24-18(27)10-25-11-20-13-6-2-1-5-12(13)19(25)28/h1-8,11H,9-10H2,(H,21,22)(H,23,26)(H,24,27). The van der Waals surface area contributed by atoms with Crippen molar-refractivity contribution in [1.29, 1.82) is 0 Å². The molecule has 0 saturated heterocycles. The summed E-state index contributed by atoms with van der Waals surface area (Å²) in [4.78, 5) is 48.0. The van der Waals surface area contributed by atoms with Crippen LogP contribution in [0.25, 0.3) is 21.9 Å². The van der Waals surface area contributed by atoms with E-state index < -0.39 is 11.8 Å². The van der Waals surface area contributed by atoms with Crippen LogP contribution >= 0.6 is 0 Å². The van der Waals surface area contributed by atoms with Gasteiger partial charge < -0.3 is 4.98 Å². The Labute approximate surface area is 158 Å². The van der Waals surface area contributed by atoms with Crippen molar-refractivity contribution in [1.82, 2.24) is 30.4 Å². The monoisotopic (exact) mass is 376 g/mol. The number of carbonyl (C=O) groups excluding carboxylic acids is 2. The van der Waals surface area contributed by atoms with Crippen molar-refractivity contribution in [3.63, 3.8) is 0 Å². The lowest BCUT2D eigenvalue weighted by atomic mass is 10.2. The van der Waals surface area contributed by atoms with Gasteiger partial charge in [-0.3, -0.25) is 29.8 Å². The predicted octanol–water partition coefficient (Wildman–Crippen LogP) is 0.663. The Kier molecular flexibility index (Phi) is 4.55. The lowest BCUT2D eigenvalue weighted by Crippen LogP contribution is -2.44. The van der Waals surface area contributed by atoms with E-state index in [9.17, 15) is 14.4 Å². The maximum absolute atomic E-state index is 12.4. The number of H-pyrrole nitrogens is 1. The summed E-state index contributed by atoms with van der Waals surface area (Å²) in [5.74, 6) is -0.489. The quantitative estimate of drug-likeness (QED) is 0.452. The Morgan fingerprint density at radius 2 is 1.68 bits per heavy atom. The van der Waals surface area contributed by atoms with E-state index in [2.05, 4.69) is 25.8 Å².